The Balaban J connectivity index is 5.60. The second-order valence-corrected chi connectivity index (χ2v) is 18.3. The summed E-state index contributed by atoms with van der Waals surface area (Å²) in [6.45, 7) is 20.1. The molecule has 0 aromatic rings. The highest BCUT2D eigenvalue weighted by molar-refractivity contribution is 6.92. The second-order valence-electron chi connectivity index (χ2n) is 8.21. The molecule has 0 aromatic carbocycles. The van der Waals surface area contributed by atoms with E-state index in [1.807, 2.05) is 0 Å². The molecule has 0 radical (unpaired) electrons. The van der Waals surface area contributed by atoms with E-state index >= 15 is 0 Å². The molecule has 0 spiro atoms. The van der Waals surface area contributed by atoms with E-state index in [2.05, 4.69) is 65.2 Å². The van der Waals surface area contributed by atoms with Crippen LogP contribution in [0.3, 0.4) is 0 Å². The maximum atomic E-state index is 2.98. The molecule has 0 N–H and O–H groups in total. The Morgan fingerprint density at radius 2 is 1.10 bits per heavy atom. The fourth-order valence-corrected chi connectivity index (χ4v) is 16.6. The SMILES string of the molecule is CCCC(CCC)(CCC)[Si](C)(C)N(C)[Si](C)(C)CCC. The maximum absolute atomic E-state index is 2.98. The summed E-state index contributed by atoms with van der Waals surface area (Å²) in [5.74, 6) is 0. The zero-order valence-electron chi connectivity index (χ0n) is 16.6. The second kappa shape index (κ2) is 8.88. The van der Waals surface area contributed by atoms with Crippen LogP contribution >= 0.6 is 0 Å². The molecule has 0 saturated heterocycles. The molecule has 1 nitrogen and oxygen atoms in total. The summed E-state index contributed by atoms with van der Waals surface area (Å²) in [6.07, 6.45) is 9.70. The van der Waals surface area contributed by atoms with Gasteiger partial charge in [0.25, 0.3) is 0 Å². The van der Waals surface area contributed by atoms with Crippen LogP contribution in [0.1, 0.15) is 72.6 Å². The molecule has 0 bridgehead atoms. The molecule has 0 heterocycles. The average Bonchev–Trinajstić information content (AvgIpc) is 2.38. The van der Waals surface area contributed by atoms with Crippen molar-refractivity contribution in [2.24, 2.45) is 0 Å². The van der Waals surface area contributed by atoms with Crippen molar-refractivity contribution < 1.29 is 0 Å². The van der Waals surface area contributed by atoms with Gasteiger partial charge in [-0.3, -0.25) is 0 Å². The van der Waals surface area contributed by atoms with E-state index in [9.17, 15) is 0 Å². The molecule has 0 saturated carbocycles. The van der Waals surface area contributed by atoms with Crippen molar-refractivity contribution in [2.75, 3.05) is 7.05 Å². The highest BCUT2D eigenvalue weighted by Gasteiger charge is 2.50. The van der Waals surface area contributed by atoms with Crippen LogP contribution in [-0.4, -0.2) is 27.7 Å². The lowest BCUT2D eigenvalue weighted by molar-refractivity contribution is 0.390. The minimum absolute atomic E-state index is 0.623. The zero-order valence-corrected chi connectivity index (χ0v) is 18.6. The highest BCUT2D eigenvalue weighted by Crippen LogP contribution is 2.52. The van der Waals surface area contributed by atoms with Crippen LogP contribution in [0, 0.1) is 0 Å². The van der Waals surface area contributed by atoms with E-state index in [0.717, 1.165) is 0 Å². The molecule has 0 aliphatic rings. The van der Waals surface area contributed by atoms with Gasteiger partial charge in [0.1, 0.15) is 16.5 Å². The molecule has 0 amide bonds. The first kappa shape index (κ1) is 21.4. The van der Waals surface area contributed by atoms with Crippen LogP contribution in [0.25, 0.3) is 0 Å². The fourth-order valence-electron chi connectivity index (χ4n) is 4.62. The lowest BCUT2D eigenvalue weighted by Gasteiger charge is -2.55. The van der Waals surface area contributed by atoms with Crippen molar-refractivity contribution in [2.45, 2.75) is 110 Å². The lowest BCUT2D eigenvalue weighted by atomic mass is 9.92. The molecule has 0 aliphatic carbocycles. The number of rotatable bonds is 11. The Labute approximate surface area is 138 Å². The van der Waals surface area contributed by atoms with Crippen molar-refractivity contribution in [3.63, 3.8) is 0 Å². The van der Waals surface area contributed by atoms with E-state index < -0.39 is 16.5 Å². The van der Waals surface area contributed by atoms with E-state index in [0.29, 0.717) is 5.04 Å². The van der Waals surface area contributed by atoms with Crippen molar-refractivity contribution >= 4 is 16.5 Å². The van der Waals surface area contributed by atoms with Gasteiger partial charge in [0.2, 0.25) is 0 Å². The predicted octanol–water partition coefficient (Wildman–Crippen LogP) is 6.88. The smallest absolute Gasteiger partial charge is 0.121 e. The molecule has 3 heteroatoms. The summed E-state index contributed by atoms with van der Waals surface area (Å²) >= 11 is 0. The zero-order chi connectivity index (χ0) is 16.7. The third kappa shape index (κ3) is 4.93. The summed E-state index contributed by atoms with van der Waals surface area (Å²) in [4.78, 5) is 0. The Bertz CT molecular complexity index is 270. The molecule has 0 atom stereocenters. The standard InChI is InChI=1S/C18H43NSi2/c1-10-14-18(15-11-2,16-12-3)21(8,9)19(5)20(6,7)17-13-4/h10-17H2,1-9H3. The first-order valence-electron chi connectivity index (χ1n) is 9.39. The fraction of sp³-hybridized carbons (Fsp3) is 1.00. The third-order valence-corrected chi connectivity index (χ3v) is 18.1. The molecule has 0 fully saturated rings. The monoisotopic (exact) mass is 329 g/mol. The van der Waals surface area contributed by atoms with Gasteiger partial charge in [-0.2, -0.15) is 0 Å². The molecule has 128 valence electrons. The Morgan fingerprint density at radius 1 is 0.714 bits per heavy atom. The van der Waals surface area contributed by atoms with Crippen molar-refractivity contribution in [3.05, 3.63) is 0 Å². The maximum Gasteiger partial charge on any atom is 0.121 e. The van der Waals surface area contributed by atoms with Crippen molar-refractivity contribution in [1.82, 2.24) is 4.23 Å². The Morgan fingerprint density at radius 3 is 1.38 bits per heavy atom. The van der Waals surface area contributed by atoms with Gasteiger partial charge in [0, 0.05) is 0 Å². The highest BCUT2D eigenvalue weighted by atomic mass is 28.4. The lowest BCUT2D eigenvalue weighted by Crippen LogP contribution is -2.65. The predicted molar refractivity (Wildman–Crippen MR) is 105 cm³/mol. The topological polar surface area (TPSA) is 3.24 Å². The van der Waals surface area contributed by atoms with E-state index in [1.54, 1.807) is 0 Å². The Hall–Kier alpha value is 0.394. The summed E-state index contributed by atoms with van der Waals surface area (Å²) in [7, 11) is -0.181. The van der Waals surface area contributed by atoms with E-state index in [1.165, 1.54) is 51.0 Å². The number of hydrogen-bond donors (Lipinski definition) is 0. The first-order chi connectivity index (χ1) is 9.65. The molecular weight excluding hydrogens is 286 g/mol. The quantitative estimate of drug-likeness (QED) is 0.373. The van der Waals surface area contributed by atoms with Gasteiger partial charge < -0.3 is 4.23 Å². The summed E-state index contributed by atoms with van der Waals surface area (Å²) < 4.78 is 2.98. The van der Waals surface area contributed by atoms with Gasteiger partial charge in [0.15, 0.2) is 0 Å². The van der Waals surface area contributed by atoms with Crippen molar-refractivity contribution in [3.8, 4) is 0 Å². The van der Waals surface area contributed by atoms with Gasteiger partial charge in [-0.1, -0.05) is 79.6 Å². The van der Waals surface area contributed by atoms with Gasteiger partial charge in [-0.15, -0.1) is 0 Å². The van der Waals surface area contributed by atoms with Crippen LogP contribution in [0.2, 0.25) is 37.3 Å². The number of hydrogen-bond acceptors (Lipinski definition) is 1. The van der Waals surface area contributed by atoms with Gasteiger partial charge in [-0.25, -0.2) is 0 Å². The minimum atomic E-state index is -1.43. The number of nitrogens with zero attached hydrogens (tertiary/aromatic N) is 1. The average molecular weight is 330 g/mol. The largest absolute Gasteiger partial charge is 0.348 e. The van der Waals surface area contributed by atoms with Crippen LogP contribution in [0.15, 0.2) is 0 Å². The van der Waals surface area contributed by atoms with Crippen molar-refractivity contribution in [1.29, 1.82) is 0 Å². The molecule has 0 aliphatic heterocycles. The molecular formula is C18H43NSi2. The van der Waals surface area contributed by atoms with Crippen LogP contribution in [0.5, 0.6) is 0 Å². The molecule has 0 rings (SSSR count). The third-order valence-electron chi connectivity index (χ3n) is 6.09. The molecule has 0 unspecified atom stereocenters. The molecule has 21 heavy (non-hydrogen) atoms. The Kier molecular flexibility index (Phi) is 9.04. The summed E-state index contributed by atoms with van der Waals surface area (Å²) in [5, 5.41) is 0.623. The van der Waals surface area contributed by atoms with Crippen LogP contribution in [0.4, 0.5) is 0 Å². The normalized spacial score (nSPS) is 14.0. The minimum Gasteiger partial charge on any atom is -0.348 e. The summed E-state index contributed by atoms with van der Waals surface area (Å²) in [5.41, 5.74) is 0. The van der Waals surface area contributed by atoms with Gasteiger partial charge in [-0.05, 0) is 37.4 Å². The summed E-state index contributed by atoms with van der Waals surface area (Å²) in [6, 6.07) is 1.44. The molecule has 0 aromatic heterocycles. The van der Waals surface area contributed by atoms with Gasteiger partial charge >= 0.3 is 0 Å². The van der Waals surface area contributed by atoms with Gasteiger partial charge in [0.05, 0.1) is 0 Å². The van der Waals surface area contributed by atoms with E-state index in [4.69, 9.17) is 0 Å². The van der Waals surface area contributed by atoms with Crippen LogP contribution in [-0.2, 0) is 0 Å². The van der Waals surface area contributed by atoms with Crippen LogP contribution < -0.4 is 0 Å². The van der Waals surface area contributed by atoms with E-state index in [-0.39, 0.29) is 0 Å². The first-order valence-corrected chi connectivity index (χ1v) is 15.5.